The molecule has 0 saturated carbocycles. The van der Waals surface area contributed by atoms with Gasteiger partial charge in [-0.05, 0) is 6.92 Å². The van der Waals surface area contributed by atoms with Crippen molar-refractivity contribution in [2.24, 2.45) is 0 Å². The fourth-order valence-electron chi connectivity index (χ4n) is 0.626. The maximum absolute atomic E-state index is 11.2. The van der Waals surface area contributed by atoms with Crippen LogP contribution in [0.15, 0.2) is 0 Å². The van der Waals surface area contributed by atoms with E-state index in [-0.39, 0.29) is 18.2 Å². The molecule has 0 aliphatic carbocycles. The average molecular weight is 243 g/mol. The van der Waals surface area contributed by atoms with Crippen molar-refractivity contribution in [1.29, 1.82) is 0 Å². The van der Waals surface area contributed by atoms with Crippen molar-refractivity contribution < 1.29 is 13.2 Å². The van der Waals surface area contributed by atoms with Gasteiger partial charge in [-0.1, -0.05) is 0 Å². The maximum atomic E-state index is 11.2. The van der Waals surface area contributed by atoms with E-state index in [0.717, 1.165) is 4.31 Å². The van der Waals surface area contributed by atoms with E-state index < -0.39 is 15.4 Å². The van der Waals surface area contributed by atoms with E-state index in [9.17, 15) is 13.2 Å². The summed E-state index contributed by atoms with van der Waals surface area (Å²) in [4.78, 5) is 10.9. The highest BCUT2D eigenvalue weighted by atomic mass is 35.5. The van der Waals surface area contributed by atoms with Crippen LogP contribution in [0.2, 0.25) is 0 Å². The minimum absolute atomic E-state index is 0.0798. The van der Waals surface area contributed by atoms with E-state index >= 15 is 0 Å². The molecule has 0 rings (SSSR count). The highest BCUT2D eigenvalue weighted by Gasteiger charge is 2.14. The number of sulfonamides is 1. The third kappa shape index (κ3) is 4.78. The fraction of sp³-hybridized carbons (Fsp3) is 0.857. The van der Waals surface area contributed by atoms with Gasteiger partial charge >= 0.3 is 0 Å². The molecule has 0 fully saturated rings. The quantitative estimate of drug-likeness (QED) is 0.669. The van der Waals surface area contributed by atoms with Crippen LogP contribution in [0.4, 0.5) is 0 Å². The molecule has 1 amide bonds. The van der Waals surface area contributed by atoms with Gasteiger partial charge in [0.1, 0.15) is 5.38 Å². The third-order valence-electron chi connectivity index (χ3n) is 1.58. The van der Waals surface area contributed by atoms with Crippen LogP contribution in [0, 0.1) is 0 Å². The van der Waals surface area contributed by atoms with Gasteiger partial charge in [-0.3, -0.25) is 4.79 Å². The van der Waals surface area contributed by atoms with Crippen LogP contribution in [0.3, 0.4) is 0 Å². The molecule has 0 radical (unpaired) electrons. The average Bonchev–Trinajstić information content (AvgIpc) is 2.03. The Morgan fingerprint density at radius 3 is 2.36 bits per heavy atom. The Balaban J connectivity index is 3.93. The van der Waals surface area contributed by atoms with Crippen LogP contribution in [-0.2, 0) is 14.8 Å². The molecule has 0 aromatic rings. The number of halogens is 1. The topological polar surface area (TPSA) is 66.5 Å². The zero-order valence-electron chi connectivity index (χ0n) is 8.45. The summed E-state index contributed by atoms with van der Waals surface area (Å²) in [7, 11) is -0.353. The van der Waals surface area contributed by atoms with Gasteiger partial charge in [-0.15, -0.1) is 11.6 Å². The normalized spacial score (nSPS) is 14.1. The molecule has 1 N–H and O–H groups in total. The molecule has 0 aromatic heterocycles. The smallest absolute Gasteiger partial charge is 0.237 e. The third-order valence-corrected chi connectivity index (χ3v) is 3.61. The molecule has 0 spiro atoms. The lowest BCUT2D eigenvalue weighted by molar-refractivity contribution is -0.120. The molecule has 0 saturated heterocycles. The van der Waals surface area contributed by atoms with Gasteiger partial charge in [0, 0.05) is 20.6 Å². The van der Waals surface area contributed by atoms with Gasteiger partial charge in [0.2, 0.25) is 15.9 Å². The molecule has 0 aromatic carbocycles. The molecule has 7 heteroatoms. The van der Waals surface area contributed by atoms with Gasteiger partial charge in [0.15, 0.2) is 0 Å². The SMILES string of the molecule is CC(Cl)C(=O)NCCS(=O)(=O)N(C)C. The Morgan fingerprint density at radius 2 is 2.00 bits per heavy atom. The summed E-state index contributed by atoms with van der Waals surface area (Å²) in [6.45, 7) is 1.60. The molecule has 0 bridgehead atoms. The van der Waals surface area contributed by atoms with Crippen LogP contribution in [0.5, 0.6) is 0 Å². The molecule has 0 aliphatic heterocycles. The Kier molecular flexibility index (Phi) is 5.40. The lowest BCUT2D eigenvalue weighted by atomic mass is 10.4. The van der Waals surface area contributed by atoms with Crippen molar-refractivity contribution in [3.8, 4) is 0 Å². The van der Waals surface area contributed by atoms with Crippen molar-refractivity contribution in [2.75, 3.05) is 26.4 Å². The lowest BCUT2D eigenvalue weighted by Crippen LogP contribution is -2.36. The van der Waals surface area contributed by atoms with Gasteiger partial charge in [0.05, 0.1) is 5.75 Å². The summed E-state index contributed by atoms with van der Waals surface area (Å²) in [6, 6.07) is 0. The molecule has 5 nitrogen and oxygen atoms in total. The van der Waals surface area contributed by atoms with Crippen LogP contribution in [0.25, 0.3) is 0 Å². The number of carbonyl (C=O) groups is 1. The van der Waals surface area contributed by atoms with E-state index in [0.29, 0.717) is 0 Å². The van der Waals surface area contributed by atoms with Gasteiger partial charge < -0.3 is 5.32 Å². The fourth-order valence-corrected chi connectivity index (χ4v) is 1.43. The molecular weight excluding hydrogens is 228 g/mol. The van der Waals surface area contributed by atoms with E-state index in [2.05, 4.69) is 5.32 Å². The maximum Gasteiger partial charge on any atom is 0.237 e. The second-order valence-corrected chi connectivity index (χ2v) is 5.96. The Morgan fingerprint density at radius 1 is 1.50 bits per heavy atom. The molecule has 14 heavy (non-hydrogen) atoms. The predicted molar refractivity (Wildman–Crippen MR) is 55.8 cm³/mol. The van der Waals surface area contributed by atoms with Crippen LogP contribution < -0.4 is 5.32 Å². The summed E-state index contributed by atoms with van der Waals surface area (Å²) < 4.78 is 23.6. The van der Waals surface area contributed by atoms with Crippen molar-refractivity contribution in [3.05, 3.63) is 0 Å². The number of amides is 1. The number of hydrogen-bond donors (Lipinski definition) is 1. The molecule has 0 heterocycles. The molecular formula is C7H15ClN2O3S. The van der Waals surface area contributed by atoms with Crippen LogP contribution in [0.1, 0.15) is 6.92 Å². The Labute approximate surface area is 89.5 Å². The predicted octanol–water partition coefficient (Wildman–Crippen LogP) is -0.379. The minimum atomic E-state index is -3.24. The number of hydrogen-bond acceptors (Lipinski definition) is 3. The number of nitrogens with zero attached hydrogens (tertiary/aromatic N) is 1. The number of nitrogens with one attached hydrogen (secondary N) is 1. The highest BCUT2D eigenvalue weighted by Crippen LogP contribution is 1.94. The molecule has 1 unspecified atom stereocenters. The van der Waals surface area contributed by atoms with Crippen LogP contribution >= 0.6 is 11.6 Å². The standard InChI is InChI=1S/C7H15ClN2O3S/c1-6(8)7(11)9-4-5-14(12,13)10(2)3/h6H,4-5H2,1-3H3,(H,9,11). The van der Waals surface area contributed by atoms with Crippen LogP contribution in [-0.4, -0.2) is 50.4 Å². The second kappa shape index (κ2) is 5.53. The number of carbonyl (C=O) groups excluding carboxylic acids is 1. The first-order valence-corrected chi connectivity index (χ1v) is 6.14. The monoisotopic (exact) mass is 242 g/mol. The van der Waals surface area contributed by atoms with Crippen molar-refractivity contribution in [3.63, 3.8) is 0 Å². The van der Waals surface area contributed by atoms with Gasteiger partial charge in [0.25, 0.3) is 0 Å². The van der Waals surface area contributed by atoms with Gasteiger partial charge in [-0.25, -0.2) is 12.7 Å². The van der Waals surface area contributed by atoms with E-state index in [4.69, 9.17) is 11.6 Å². The summed E-state index contributed by atoms with van der Waals surface area (Å²) in [5, 5.41) is 1.77. The Bertz CT molecular complexity index is 287. The highest BCUT2D eigenvalue weighted by molar-refractivity contribution is 7.89. The van der Waals surface area contributed by atoms with E-state index in [1.165, 1.54) is 21.0 Å². The Hall–Kier alpha value is -0.330. The molecule has 84 valence electrons. The zero-order chi connectivity index (χ0) is 11.4. The largest absolute Gasteiger partial charge is 0.354 e. The van der Waals surface area contributed by atoms with E-state index in [1.807, 2.05) is 0 Å². The van der Waals surface area contributed by atoms with Crippen molar-refractivity contribution in [1.82, 2.24) is 9.62 Å². The lowest BCUT2D eigenvalue weighted by Gasteiger charge is -2.11. The zero-order valence-corrected chi connectivity index (χ0v) is 10.0. The van der Waals surface area contributed by atoms with E-state index in [1.54, 1.807) is 0 Å². The number of rotatable bonds is 5. The van der Waals surface area contributed by atoms with Gasteiger partial charge in [-0.2, -0.15) is 0 Å². The first kappa shape index (κ1) is 13.7. The molecule has 0 aliphatic rings. The first-order valence-electron chi connectivity index (χ1n) is 4.09. The summed E-state index contributed by atoms with van der Waals surface area (Å²) in [6.07, 6.45) is 0. The van der Waals surface area contributed by atoms with Crippen molar-refractivity contribution in [2.45, 2.75) is 12.3 Å². The minimum Gasteiger partial charge on any atom is -0.354 e. The second-order valence-electron chi connectivity index (χ2n) is 3.01. The summed E-state index contributed by atoms with van der Waals surface area (Å²) >= 11 is 5.47. The van der Waals surface area contributed by atoms with Crippen molar-refractivity contribution >= 4 is 27.5 Å². The number of alkyl halides is 1. The summed E-state index contributed by atoms with van der Waals surface area (Å²) in [5.41, 5.74) is 0. The summed E-state index contributed by atoms with van der Waals surface area (Å²) in [5.74, 6) is -0.476. The first-order chi connectivity index (χ1) is 6.27. The molecule has 1 atom stereocenters.